The van der Waals surface area contributed by atoms with E-state index < -0.39 is 0 Å². The second-order valence-electron chi connectivity index (χ2n) is 9.24. The van der Waals surface area contributed by atoms with E-state index in [9.17, 15) is 9.59 Å². The Balaban J connectivity index is 1.16. The third-order valence-corrected chi connectivity index (χ3v) is 7.13. The van der Waals surface area contributed by atoms with Crippen molar-refractivity contribution in [1.82, 2.24) is 24.7 Å². The minimum atomic E-state index is -0.157. The fourth-order valence-electron chi connectivity index (χ4n) is 4.94. The highest BCUT2D eigenvalue weighted by atomic mass is 35.5. The lowest BCUT2D eigenvalue weighted by atomic mass is 9.95. The van der Waals surface area contributed by atoms with Crippen LogP contribution in [0.25, 0.3) is 10.9 Å². The van der Waals surface area contributed by atoms with Crippen LogP contribution in [0.15, 0.2) is 48.5 Å². The number of hydrogen-bond donors (Lipinski definition) is 1. The van der Waals surface area contributed by atoms with Crippen molar-refractivity contribution in [2.45, 2.75) is 19.4 Å². The first-order valence-corrected chi connectivity index (χ1v) is 12.4. The molecule has 9 heteroatoms. The van der Waals surface area contributed by atoms with E-state index in [0.717, 1.165) is 36.8 Å². The van der Waals surface area contributed by atoms with Gasteiger partial charge in [0, 0.05) is 55.2 Å². The van der Waals surface area contributed by atoms with E-state index in [4.69, 9.17) is 17.3 Å². The predicted molar refractivity (Wildman–Crippen MR) is 136 cm³/mol. The minimum absolute atomic E-state index is 0.0429. The summed E-state index contributed by atoms with van der Waals surface area (Å²) in [5, 5.41) is 1.46. The molecule has 2 fully saturated rings. The zero-order valence-corrected chi connectivity index (χ0v) is 20.3. The first-order valence-electron chi connectivity index (χ1n) is 12.0. The van der Waals surface area contributed by atoms with Crippen LogP contribution in [0, 0.1) is 5.92 Å². The van der Waals surface area contributed by atoms with Gasteiger partial charge in [-0.3, -0.25) is 14.5 Å². The Labute approximate surface area is 209 Å². The topological polar surface area (TPSA) is 95.7 Å². The molecule has 5 rings (SSSR count). The van der Waals surface area contributed by atoms with Gasteiger partial charge in [-0.1, -0.05) is 23.7 Å². The van der Waals surface area contributed by atoms with Crippen molar-refractivity contribution in [3.05, 3.63) is 64.9 Å². The maximum absolute atomic E-state index is 13.3. The third-order valence-electron chi connectivity index (χ3n) is 6.88. The van der Waals surface area contributed by atoms with Crippen molar-refractivity contribution >= 4 is 40.1 Å². The molecule has 0 spiro atoms. The molecule has 2 N–H and O–H groups in total. The molecule has 182 valence electrons. The SMILES string of the molecule is Nc1nc(CN2CCN(C(=O)C3CCCN(C(=O)c4ccc(Cl)cc4)C3)CC2)nc2ccccc12. The van der Waals surface area contributed by atoms with Gasteiger partial charge >= 0.3 is 0 Å². The quantitative estimate of drug-likeness (QED) is 0.601. The Morgan fingerprint density at radius 3 is 2.46 bits per heavy atom. The van der Waals surface area contributed by atoms with Crippen LogP contribution in [0.4, 0.5) is 5.82 Å². The van der Waals surface area contributed by atoms with E-state index in [1.165, 1.54) is 0 Å². The second-order valence-corrected chi connectivity index (χ2v) is 9.68. The summed E-state index contributed by atoms with van der Waals surface area (Å²) >= 11 is 5.95. The van der Waals surface area contributed by atoms with Crippen molar-refractivity contribution in [2.75, 3.05) is 45.0 Å². The Morgan fingerprint density at radius 1 is 0.943 bits per heavy atom. The first-order chi connectivity index (χ1) is 17.0. The smallest absolute Gasteiger partial charge is 0.253 e. The van der Waals surface area contributed by atoms with Gasteiger partial charge in [0.05, 0.1) is 18.0 Å². The van der Waals surface area contributed by atoms with E-state index >= 15 is 0 Å². The van der Waals surface area contributed by atoms with Crippen LogP contribution < -0.4 is 5.73 Å². The van der Waals surface area contributed by atoms with E-state index in [1.54, 1.807) is 29.2 Å². The number of benzene rings is 2. The molecule has 1 unspecified atom stereocenters. The van der Waals surface area contributed by atoms with E-state index in [1.807, 2.05) is 29.2 Å². The molecule has 8 nitrogen and oxygen atoms in total. The van der Waals surface area contributed by atoms with Crippen molar-refractivity contribution < 1.29 is 9.59 Å². The maximum atomic E-state index is 13.3. The van der Waals surface area contributed by atoms with Crippen LogP contribution in [-0.2, 0) is 11.3 Å². The summed E-state index contributed by atoms with van der Waals surface area (Å²) in [5.41, 5.74) is 7.58. The summed E-state index contributed by atoms with van der Waals surface area (Å²) in [5.74, 6) is 1.14. The average molecular weight is 493 g/mol. The summed E-state index contributed by atoms with van der Waals surface area (Å²) in [4.78, 5) is 41.3. The Kier molecular flexibility index (Phi) is 6.83. The Morgan fingerprint density at radius 2 is 1.69 bits per heavy atom. The third kappa shape index (κ3) is 5.23. The van der Waals surface area contributed by atoms with E-state index in [0.29, 0.717) is 55.0 Å². The van der Waals surface area contributed by atoms with Crippen LogP contribution in [-0.4, -0.2) is 75.8 Å². The molecule has 1 aromatic heterocycles. The number of nitrogens with two attached hydrogens (primary N) is 1. The lowest BCUT2D eigenvalue weighted by Gasteiger charge is -2.39. The number of nitrogen functional groups attached to an aromatic ring is 1. The van der Waals surface area contributed by atoms with Crippen LogP contribution in [0.3, 0.4) is 0 Å². The molecule has 0 bridgehead atoms. The van der Waals surface area contributed by atoms with Gasteiger partial charge < -0.3 is 15.5 Å². The molecule has 0 aliphatic carbocycles. The lowest BCUT2D eigenvalue weighted by Crippen LogP contribution is -2.52. The number of carbonyl (C=O) groups excluding carboxylic acids is 2. The molecule has 3 heterocycles. The molecule has 3 aromatic rings. The standard InChI is InChI=1S/C26H29ClN6O2/c27-20-9-7-18(8-10-20)25(34)33-11-3-4-19(16-33)26(35)32-14-12-31(13-15-32)17-23-29-22-6-2-1-5-21(22)24(28)30-23/h1-2,5-10,19H,3-4,11-17H2,(H2,28,29,30). The first kappa shape index (κ1) is 23.5. The van der Waals surface area contributed by atoms with E-state index in [2.05, 4.69) is 14.9 Å². The highest BCUT2D eigenvalue weighted by Crippen LogP contribution is 2.23. The zero-order valence-electron chi connectivity index (χ0n) is 19.6. The molecule has 2 amide bonds. The number of nitrogens with zero attached hydrogens (tertiary/aromatic N) is 5. The molecule has 2 saturated heterocycles. The summed E-state index contributed by atoms with van der Waals surface area (Å²) < 4.78 is 0. The number of rotatable bonds is 4. The number of hydrogen-bond acceptors (Lipinski definition) is 6. The summed E-state index contributed by atoms with van der Waals surface area (Å²) in [7, 11) is 0. The molecule has 1 atom stereocenters. The average Bonchev–Trinajstić information content (AvgIpc) is 2.89. The fourth-order valence-corrected chi connectivity index (χ4v) is 5.07. The van der Waals surface area contributed by atoms with Gasteiger partial charge in [-0.15, -0.1) is 0 Å². The highest BCUT2D eigenvalue weighted by molar-refractivity contribution is 6.30. The Hall–Kier alpha value is -3.23. The number of halogens is 1. The van der Waals surface area contributed by atoms with Gasteiger partial charge in [0.15, 0.2) is 0 Å². The number of para-hydroxylation sites is 1. The molecule has 35 heavy (non-hydrogen) atoms. The number of amides is 2. The van der Waals surface area contributed by atoms with Gasteiger partial charge in [-0.05, 0) is 49.2 Å². The largest absolute Gasteiger partial charge is 0.383 e. The summed E-state index contributed by atoms with van der Waals surface area (Å²) in [6.07, 6.45) is 1.64. The molecular formula is C26H29ClN6O2. The number of likely N-dealkylation sites (tertiary alicyclic amines) is 1. The highest BCUT2D eigenvalue weighted by Gasteiger charge is 2.33. The summed E-state index contributed by atoms with van der Waals surface area (Å²) in [6.45, 7) is 4.56. The Bertz CT molecular complexity index is 1230. The van der Waals surface area contributed by atoms with Crippen LogP contribution >= 0.6 is 11.6 Å². The number of carbonyl (C=O) groups is 2. The number of piperazine rings is 1. The second kappa shape index (κ2) is 10.2. The van der Waals surface area contributed by atoms with Crippen molar-refractivity contribution in [1.29, 1.82) is 0 Å². The number of piperidine rings is 1. The van der Waals surface area contributed by atoms with Gasteiger partial charge in [0.2, 0.25) is 5.91 Å². The summed E-state index contributed by atoms with van der Waals surface area (Å²) in [6, 6.07) is 14.7. The normalized spacial score (nSPS) is 19.2. The maximum Gasteiger partial charge on any atom is 0.253 e. The van der Waals surface area contributed by atoms with E-state index in [-0.39, 0.29) is 17.7 Å². The lowest BCUT2D eigenvalue weighted by molar-refractivity contribution is -0.138. The fraction of sp³-hybridized carbons (Fsp3) is 0.385. The van der Waals surface area contributed by atoms with Gasteiger partial charge in [0.1, 0.15) is 11.6 Å². The number of anilines is 1. The number of fused-ring (bicyclic) bond motifs is 1. The van der Waals surface area contributed by atoms with Crippen LogP contribution in [0.1, 0.15) is 29.0 Å². The van der Waals surface area contributed by atoms with Gasteiger partial charge in [-0.25, -0.2) is 9.97 Å². The minimum Gasteiger partial charge on any atom is -0.383 e. The van der Waals surface area contributed by atoms with Gasteiger partial charge in [-0.2, -0.15) is 0 Å². The molecule has 2 aromatic carbocycles. The molecule has 2 aliphatic rings. The van der Waals surface area contributed by atoms with Gasteiger partial charge in [0.25, 0.3) is 5.91 Å². The van der Waals surface area contributed by atoms with Crippen molar-refractivity contribution in [3.63, 3.8) is 0 Å². The zero-order chi connectivity index (χ0) is 24.4. The molecular weight excluding hydrogens is 464 g/mol. The molecule has 0 radical (unpaired) electrons. The van der Waals surface area contributed by atoms with Crippen molar-refractivity contribution in [3.8, 4) is 0 Å². The van der Waals surface area contributed by atoms with Crippen molar-refractivity contribution in [2.24, 2.45) is 5.92 Å². The van der Waals surface area contributed by atoms with Crippen LogP contribution in [0.5, 0.6) is 0 Å². The predicted octanol–water partition coefficient (Wildman–Crippen LogP) is 3.06. The molecule has 2 aliphatic heterocycles. The monoisotopic (exact) mass is 492 g/mol. The number of aromatic nitrogens is 2. The van der Waals surface area contributed by atoms with Crippen LogP contribution in [0.2, 0.25) is 5.02 Å². The molecule has 0 saturated carbocycles.